The summed E-state index contributed by atoms with van der Waals surface area (Å²) in [5.41, 5.74) is -2.43. The summed E-state index contributed by atoms with van der Waals surface area (Å²) >= 11 is 0. The van der Waals surface area contributed by atoms with Crippen LogP contribution in [-0.4, -0.2) is 20.7 Å². The van der Waals surface area contributed by atoms with E-state index in [1.54, 1.807) is 0 Å². The zero-order valence-electron chi connectivity index (χ0n) is 17.5. The van der Waals surface area contributed by atoms with Gasteiger partial charge in [0.25, 0.3) is 12.3 Å². The van der Waals surface area contributed by atoms with Crippen LogP contribution in [0.5, 0.6) is 0 Å². The largest absolute Gasteiger partial charge is 0.433 e. The Morgan fingerprint density at radius 3 is 2.32 bits per heavy atom. The average molecular weight is 444 g/mol. The molecule has 170 valence electrons. The number of pyridine rings is 1. The SMILES string of the molecule is CC(C)(C)[C@H]1CC[C@H](n2cc(NC(=O)c3cccc(C(F)(F)F)n3)c(C(F)F)n2)CC1. The fourth-order valence-corrected chi connectivity index (χ4v) is 3.96. The number of carbonyl (C=O) groups excluding carboxylic acids is 1. The molecule has 2 heterocycles. The van der Waals surface area contributed by atoms with Crippen LogP contribution in [0.1, 0.15) is 80.8 Å². The fraction of sp³-hybridized carbons (Fsp3) is 0.571. The Morgan fingerprint density at radius 1 is 1.13 bits per heavy atom. The molecule has 1 saturated carbocycles. The molecule has 1 aliphatic carbocycles. The highest BCUT2D eigenvalue weighted by Gasteiger charge is 2.34. The predicted molar refractivity (Wildman–Crippen MR) is 105 cm³/mol. The maximum absolute atomic E-state index is 13.5. The smallest absolute Gasteiger partial charge is 0.318 e. The summed E-state index contributed by atoms with van der Waals surface area (Å²) in [7, 11) is 0. The summed E-state index contributed by atoms with van der Waals surface area (Å²) < 4.78 is 67.0. The van der Waals surface area contributed by atoms with Gasteiger partial charge in [-0.2, -0.15) is 18.3 Å². The van der Waals surface area contributed by atoms with Gasteiger partial charge in [-0.25, -0.2) is 13.8 Å². The van der Waals surface area contributed by atoms with Crippen molar-refractivity contribution in [2.45, 2.75) is 65.1 Å². The molecule has 0 unspecified atom stereocenters. The lowest BCUT2D eigenvalue weighted by Crippen LogP contribution is -2.27. The van der Waals surface area contributed by atoms with Gasteiger partial charge in [-0.05, 0) is 49.1 Å². The number of hydrogen-bond donors (Lipinski definition) is 1. The molecule has 0 spiro atoms. The molecule has 10 heteroatoms. The third-order valence-electron chi connectivity index (χ3n) is 5.78. The summed E-state index contributed by atoms with van der Waals surface area (Å²) in [5.74, 6) is -0.482. The molecule has 1 fully saturated rings. The van der Waals surface area contributed by atoms with Gasteiger partial charge in [0.2, 0.25) is 0 Å². The Kier molecular flexibility index (Phi) is 6.38. The van der Waals surface area contributed by atoms with Gasteiger partial charge in [-0.1, -0.05) is 26.8 Å². The van der Waals surface area contributed by atoms with E-state index in [2.05, 4.69) is 36.2 Å². The highest BCUT2D eigenvalue weighted by Crippen LogP contribution is 2.42. The molecule has 0 aliphatic heterocycles. The Balaban J connectivity index is 1.78. The van der Waals surface area contributed by atoms with Crippen LogP contribution in [0.25, 0.3) is 0 Å². The first-order valence-electron chi connectivity index (χ1n) is 10.1. The number of anilines is 1. The van der Waals surface area contributed by atoms with Crippen LogP contribution >= 0.6 is 0 Å². The molecule has 0 aromatic carbocycles. The number of amides is 1. The van der Waals surface area contributed by atoms with E-state index in [1.807, 2.05) is 0 Å². The van der Waals surface area contributed by atoms with Crippen molar-refractivity contribution < 1.29 is 26.7 Å². The Bertz CT molecular complexity index is 925. The van der Waals surface area contributed by atoms with Crippen molar-refractivity contribution in [3.8, 4) is 0 Å². The van der Waals surface area contributed by atoms with E-state index < -0.39 is 35.6 Å². The molecule has 3 rings (SSSR count). The maximum Gasteiger partial charge on any atom is 0.433 e. The first-order valence-corrected chi connectivity index (χ1v) is 10.1. The molecule has 2 aromatic heterocycles. The van der Waals surface area contributed by atoms with Crippen molar-refractivity contribution in [1.29, 1.82) is 0 Å². The van der Waals surface area contributed by atoms with E-state index >= 15 is 0 Å². The van der Waals surface area contributed by atoms with Gasteiger partial charge in [-0.15, -0.1) is 0 Å². The molecule has 31 heavy (non-hydrogen) atoms. The van der Waals surface area contributed by atoms with Gasteiger partial charge < -0.3 is 5.32 Å². The second-order valence-electron chi connectivity index (χ2n) is 8.94. The van der Waals surface area contributed by atoms with Gasteiger partial charge in [-0.3, -0.25) is 9.48 Å². The summed E-state index contributed by atoms with van der Waals surface area (Å²) in [4.78, 5) is 15.7. The maximum atomic E-state index is 13.5. The number of rotatable bonds is 4. The predicted octanol–water partition coefficient (Wildman–Crippen LogP) is 6.26. The second-order valence-corrected chi connectivity index (χ2v) is 8.94. The summed E-state index contributed by atoms with van der Waals surface area (Å²) in [6, 6.07) is 2.78. The van der Waals surface area contributed by atoms with Crippen LogP contribution in [-0.2, 0) is 6.18 Å². The molecule has 1 amide bonds. The van der Waals surface area contributed by atoms with Crippen LogP contribution in [0.3, 0.4) is 0 Å². The monoisotopic (exact) mass is 444 g/mol. The van der Waals surface area contributed by atoms with Crippen molar-refractivity contribution >= 4 is 11.6 Å². The molecule has 0 saturated heterocycles. The second kappa shape index (κ2) is 8.55. The number of aromatic nitrogens is 3. The molecule has 1 aliphatic rings. The van der Waals surface area contributed by atoms with Gasteiger partial charge in [0.05, 0.1) is 11.7 Å². The van der Waals surface area contributed by atoms with E-state index in [9.17, 15) is 26.7 Å². The van der Waals surface area contributed by atoms with E-state index in [1.165, 1.54) is 10.9 Å². The molecule has 5 nitrogen and oxygen atoms in total. The molecule has 1 N–H and O–H groups in total. The van der Waals surface area contributed by atoms with E-state index in [-0.39, 0.29) is 17.1 Å². The third-order valence-corrected chi connectivity index (χ3v) is 5.78. The van der Waals surface area contributed by atoms with Crippen molar-refractivity contribution in [3.05, 3.63) is 41.5 Å². The Morgan fingerprint density at radius 2 is 1.77 bits per heavy atom. The number of nitrogens with one attached hydrogen (secondary N) is 1. The lowest BCUT2D eigenvalue weighted by molar-refractivity contribution is -0.141. The summed E-state index contributed by atoms with van der Waals surface area (Å²) in [6.07, 6.45) is -2.92. The first-order chi connectivity index (χ1) is 14.4. The first kappa shape index (κ1) is 23.1. The summed E-state index contributed by atoms with van der Waals surface area (Å²) in [6.45, 7) is 6.53. The summed E-state index contributed by atoms with van der Waals surface area (Å²) in [5, 5.41) is 6.22. The molecule has 0 radical (unpaired) electrons. The van der Waals surface area contributed by atoms with Crippen LogP contribution in [0, 0.1) is 11.3 Å². The Labute approximate surface area is 177 Å². The lowest BCUT2D eigenvalue weighted by Gasteiger charge is -2.37. The molecular formula is C21H25F5N4O. The standard InChI is InChI=1S/C21H25F5N4O/c1-20(2,3)12-7-9-13(10-8-12)30-11-15(17(29-30)18(22)23)28-19(31)14-5-4-6-16(27-14)21(24,25)26/h4-6,11-13,18H,7-10H2,1-3H3,(H,28,31)/t12-,13-. The van der Waals surface area contributed by atoms with Crippen LogP contribution in [0.2, 0.25) is 0 Å². The molecule has 0 bridgehead atoms. The van der Waals surface area contributed by atoms with Crippen molar-refractivity contribution in [1.82, 2.24) is 14.8 Å². The lowest BCUT2D eigenvalue weighted by atomic mass is 9.71. The molecular weight excluding hydrogens is 419 g/mol. The minimum Gasteiger partial charge on any atom is -0.318 e. The van der Waals surface area contributed by atoms with Crippen molar-refractivity contribution in [2.24, 2.45) is 11.3 Å². The van der Waals surface area contributed by atoms with E-state index in [4.69, 9.17) is 0 Å². The zero-order valence-corrected chi connectivity index (χ0v) is 17.5. The molecule has 0 atom stereocenters. The quantitative estimate of drug-likeness (QED) is 0.566. The number of hydrogen-bond acceptors (Lipinski definition) is 3. The number of carbonyl (C=O) groups is 1. The van der Waals surface area contributed by atoms with E-state index in [0.717, 1.165) is 43.9 Å². The molecule has 2 aromatic rings. The van der Waals surface area contributed by atoms with Gasteiger partial charge in [0.1, 0.15) is 11.4 Å². The Hall–Kier alpha value is -2.52. The van der Waals surface area contributed by atoms with Gasteiger partial charge in [0, 0.05) is 6.20 Å². The average Bonchev–Trinajstić information content (AvgIpc) is 3.11. The number of nitrogens with zero attached hydrogens (tertiary/aromatic N) is 3. The highest BCUT2D eigenvalue weighted by molar-refractivity contribution is 6.03. The normalized spacial score (nSPS) is 20.2. The fourth-order valence-electron chi connectivity index (χ4n) is 3.96. The van der Waals surface area contributed by atoms with Crippen molar-refractivity contribution in [2.75, 3.05) is 5.32 Å². The third kappa shape index (κ3) is 5.40. The van der Waals surface area contributed by atoms with Gasteiger partial charge in [0.15, 0.2) is 5.69 Å². The highest BCUT2D eigenvalue weighted by atomic mass is 19.4. The van der Waals surface area contributed by atoms with Crippen LogP contribution in [0.15, 0.2) is 24.4 Å². The van der Waals surface area contributed by atoms with Crippen LogP contribution in [0.4, 0.5) is 27.6 Å². The minimum atomic E-state index is -4.72. The van der Waals surface area contributed by atoms with E-state index in [0.29, 0.717) is 5.92 Å². The van der Waals surface area contributed by atoms with Crippen LogP contribution < -0.4 is 5.32 Å². The zero-order chi connectivity index (χ0) is 23.0. The topological polar surface area (TPSA) is 59.8 Å². The minimum absolute atomic E-state index is 0.0755. The van der Waals surface area contributed by atoms with Crippen molar-refractivity contribution in [3.63, 3.8) is 0 Å². The number of halogens is 5. The van der Waals surface area contributed by atoms with Gasteiger partial charge >= 0.3 is 6.18 Å². The number of alkyl halides is 5.